The molecule has 0 fully saturated rings. The van der Waals surface area contributed by atoms with Crippen LogP contribution in [0.3, 0.4) is 0 Å². The Kier molecular flexibility index (Phi) is 3.76. The molecule has 6 nitrogen and oxygen atoms in total. The highest BCUT2D eigenvalue weighted by Gasteiger charge is 2.23. The van der Waals surface area contributed by atoms with Gasteiger partial charge in [0.25, 0.3) is 10.1 Å². The van der Waals surface area contributed by atoms with E-state index in [1.54, 1.807) is 13.8 Å². The van der Waals surface area contributed by atoms with E-state index in [9.17, 15) is 16.8 Å². The molecular weight excluding hydrogens is 256 g/mol. The molecular formula is C8H12O6S2. The van der Waals surface area contributed by atoms with Crippen molar-refractivity contribution in [1.29, 1.82) is 0 Å². The van der Waals surface area contributed by atoms with Gasteiger partial charge in [0, 0.05) is 0 Å². The maximum absolute atomic E-state index is 10.5. The molecule has 92 valence electrons. The minimum Gasteiger partial charge on any atom is -0.390 e. The van der Waals surface area contributed by atoms with Gasteiger partial charge in [-0.2, -0.15) is 16.8 Å². The van der Waals surface area contributed by atoms with E-state index in [0.29, 0.717) is 0 Å². The maximum Gasteiger partial charge on any atom is 0.314 e. The van der Waals surface area contributed by atoms with E-state index in [1.807, 2.05) is 0 Å². The molecule has 0 spiro atoms. The first-order valence-electron chi connectivity index (χ1n) is 4.43. The summed E-state index contributed by atoms with van der Waals surface area (Å²) in [7, 11) is -6.51. The topological polar surface area (TPSA) is 86.7 Å². The van der Waals surface area contributed by atoms with Gasteiger partial charge in [0.2, 0.25) is 0 Å². The fourth-order valence-electron chi connectivity index (χ4n) is 0.887. The van der Waals surface area contributed by atoms with E-state index in [4.69, 9.17) is 0 Å². The molecule has 0 amide bonds. The molecule has 0 aromatic carbocycles. The molecule has 0 radical (unpaired) electrons. The molecule has 0 N–H and O–H groups in total. The zero-order valence-electron chi connectivity index (χ0n) is 8.73. The Bertz CT molecular complexity index is 499. The summed E-state index contributed by atoms with van der Waals surface area (Å²) in [6.07, 6.45) is 3.91. The summed E-state index contributed by atoms with van der Waals surface area (Å²) in [5.74, 6) is 0. The van der Waals surface area contributed by atoms with Crippen LogP contribution in [-0.4, -0.2) is 28.2 Å². The van der Waals surface area contributed by atoms with Gasteiger partial charge in [0.15, 0.2) is 0 Å². The lowest BCUT2D eigenvalue weighted by molar-refractivity contribution is 0.291. The number of hydrogen-bond donors (Lipinski definition) is 0. The highest BCUT2D eigenvalue weighted by atomic mass is 32.2. The second-order valence-electron chi connectivity index (χ2n) is 3.25. The molecule has 0 saturated heterocycles. The van der Waals surface area contributed by atoms with Crippen LogP contribution in [0.15, 0.2) is 23.8 Å². The fourth-order valence-corrected chi connectivity index (χ4v) is 2.50. The predicted octanol–water partition coefficient (Wildman–Crippen LogP) is 0.497. The SMILES string of the molecule is CC1C=COS1(=O)=O.CC1C=CS(=O)(=O)O1. The van der Waals surface area contributed by atoms with Crippen molar-refractivity contribution in [1.82, 2.24) is 0 Å². The maximum atomic E-state index is 10.5. The third kappa shape index (κ3) is 3.62. The summed E-state index contributed by atoms with van der Waals surface area (Å²) in [4.78, 5) is 0. The van der Waals surface area contributed by atoms with Gasteiger partial charge in [-0.25, -0.2) is 0 Å². The summed E-state index contributed by atoms with van der Waals surface area (Å²) >= 11 is 0. The van der Waals surface area contributed by atoms with Crippen LogP contribution < -0.4 is 0 Å². The molecule has 2 aliphatic rings. The van der Waals surface area contributed by atoms with Gasteiger partial charge in [-0.15, -0.1) is 0 Å². The quantitative estimate of drug-likeness (QED) is 0.594. The average molecular weight is 268 g/mol. The van der Waals surface area contributed by atoms with Crippen LogP contribution in [0.1, 0.15) is 13.8 Å². The van der Waals surface area contributed by atoms with Gasteiger partial charge in [-0.05, 0) is 26.0 Å². The zero-order valence-corrected chi connectivity index (χ0v) is 10.4. The van der Waals surface area contributed by atoms with E-state index < -0.39 is 25.5 Å². The number of hydrogen-bond acceptors (Lipinski definition) is 6. The Labute approximate surface area is 94.8 Å². The molecule has 0 bridgehead atoms. The van der Waals surface area contributed by atoms with Crippen LogP contribution in [0, 0.1) is 0 Å². The second-order valence-corrected chi connectivity index (χ2v) is 6.62. The summed E-state index contributed by atoms with van der Waals surface area (Å²) in [5, 5.41) is 0.597. The van der Waals surface area contributed by atoms with Gasteiger partial charge in [-0.1, -0.05) is 0 Å². The predicted molar refractivity (Wildman–Crippen MR) is 57.2 cm³/mol. The van der Waals surface area contributed by atoms with Crippen LogP contribution in [0.5, 0.6) is 0 Å². The van der Waals surface area contributed by atoms with Crippen molar-refractivity contribution < 1.29 is 25.2 Å². The van der Waals surface area contributed by atoms with E-state index >= 15 is 0 Å². The first-order chi connectivity index (χ1) is 7.23. The van der Waals surface area contributed by atoms with E-state index in [2.05, 4.69) is 8.37 Å². The van der Waals surface area contributed by atoms with Crippen LogP contribution in [0.4, 0.5) is 0 Å². The van der Waals surface area contributed by atoms with Crippen LogP contribution in [0.2, 0.25) is 0 Å². The largest absolute Gasteiger partial charge is 0.390 e. The standard InChI is InChI=1S/2C4H6O3S/c1-4-2-3-8(5,6)7-4;1-4-2-3-7-8(4,5)6/h2*2-4H,1H3. The van der Waals surface area contributed by atoms with Crippen molar-refractivity contribution in [2.24, 2.45) is 0 Å². The first kappa shape index (κ1) is 13.2. The molecule has 0 saturated carbocycles. The molecule has 2 unspecified atom stereocenters. The van der Waals surface area contributed by atoms with Crippen molar-refractivity contribution in [3.05, 3.63) is 23.8 Å². The van der Waals surface area contributed by atoms with Gasteiger partial charge in [-0.3, -0.25) is 4.18 Å². The van der Waals surface area contributed by atoms with E-state index in [1.165, 1.54) is 18.4 Å². The Morgan fingerprint density at radius 1 is 1.06 bits per heavy atom. The molecule has 8 heteroatoms. The monoisotopic (exact) mass is 268 g/mol. The highest BCUT2D eigenvalue weighted by Crippen LogP contribution is 2.12. The highest BCUT2D eigenvalue weighted by molar-refractivity contribution is 7.89. The minimum atomic E-state index is -3.28. The summed E-state index contributed by atoms with van der Waals surface area (Å²) < 4.78 is 50.3. The Balaban J connectivity index is 0.000000160. The summed E-state index contributed by atoms with van der Waals surface area (Å²) in [5.41, 5.74) is 0. The van der Waals surface area contributed by atoms with E-state index in [-0.39, 0.29) is 6.10 Å². The molecule has 2 aliphatic heterocycles. The Hall–Kier alpha value is -0.860. The summed E-state index contributed by atoms with van der Waals surface area (Å²) in [6, 6.07) is 0. The average Bonchev–Trinajstić information content (AvgIpc) is 2.58. The van der Waals surface area contributed by atoms with Crippen LogP contribution in [0.25, 0.3) is 0 Å². The Morgan fingerprint density at radius 3 is 1.81 bits per heavy atom. The minimum absolute atomic E-state index is 0.278. The summed E-state index contributed by atoms with van der Waals surface area (Å²) in [6.45, 7) is 3.24. The molecule has 2 rings (SSSR count). The first-order valence-corrected chi connectivity index (χ1v) is 7.37. The van der Waals surface area contributed by atoms with Crippen LogP contribution in [-0.2, 0) is 28.6 Å². The molecule has 2 atom stereocenters. The Morgan fingerprint density at radius 2 is 1.69 bits per heavy atom. The lowest BCUT2D eigenvalue weighted by atomic mass is 10.4. The van der Waals surface area contributed by atoms with Crippen molar-refractivity contribution in [2.75, 3.05) is 0 Å². The molecule has 0 aromatic heterocycles. The number of rotatable bonds is 0. The second kappa shape index (κ2) is 4.56. The van der Waals surface area contributed by atoms with Gasteiger partial charge < -0.3 is 4.18 Å². The van der Waals surface area contributed by atoms with Crippen molar-refractivity contribution in [3.63, 3.8) is 0 Å². The zero-order chi connectivity index (χ0) is 12.4. The third-order valence-electron chi connectivity index (χ3n) is 1.80. The van der Waals surface area contributed by atoms with E-state index in [0.717, 1.165) is 5.41 Å². The van der Waals surface area contributed by atoms with Crippen molar-refractivity contribution >= 4 is 20.2 Å². The van der Waals surface area contributed by atoms with Gasteiger partial charge in [0.1, 0.15) is 11.5 Å². The lowest BCUT2D eigenvalue weighted by Crippen LogP contribution is -2.09. The molecule has 16 heavy (non-hydrogen) atoms. The van der Waals surface area contributed by atoms with Gasteiger partial charge in [0.05, 0.1) is 11.5 Å². The van der Waals surface area contributed by atoms with Gasteiger partial charge >= 0.3 is 10.1 Å². The lowest BCUT2D eigenvalue weighted by Gasteiger charge is -1.95. The van der Waals surface area contributed by atoms with Crippen molar-refractivity contribution in [3.8, 4) is 0 Å². The smallest absolute Gasteiger partial charge is 0.314 e. The fraction of sp³-hybridized carbons (Fsp3) is 0.500. The molecule has 0 aromatic rings. The van der Waals surface area contributed by atoms with Crippen LogP contribution >= 0.6 is 0 Å². The van der Waals surface area contributed by atoms with Crippen molar-refractivity contribution in [2.45, 2.75) is 25.2 Å². The molecule has 2 heterocycles. The third-order valence-corrected chi connectivity index (χ3v) is 4.31. The normalized spacial score (nSPS) is 32.9. The molecule has 0 aliphatic carbocycles.